The summed E-state index contributed by atoms with van der Waals surface area (Å²) < 4.78 is 0. The van der Waals surface area contributed by atoms with E-state index < -0.39 is 12.1 Å². The third kappa shape index (κ3) is 5.11. The number of rotatable bonds is 7. The van der Waals surface area contributed by atoms with Crippen molar-refractivity contribution >= 4 is 17.6 Å². The van der Waals surface area contributed by atoms with E-state index in [1.165, 1.54) is 0 Å². The van der Waals surface area contributed by atoms with Crippen molar-refractivity contribution in [2.24, 2.45) is 0 Å². The van der Waals surface area contributed by atoms with Gasteiger partial charge in [-0.05, 0) is 42.0 Å². The first kappa shape index (κ1) is 24.0. The van der Waals surface area contributed by atoms with Gasteiger partial charge in [0.2, 0.25) is 5.91 Å². The van der Waals surface area contributed by atoms with Gasteiger partial charge >= 0.3 is 0 Å². The van der Waals surface area contributed by atoms with Crippen molar-refractivity contribution < 1.29 is 14.4 Å². The lowest BCUT2D eigenvalue weighted by molar-refractivity contribution is -0.142. The highest BCUT2D eigenvalue weighted by atomic mass is 16.2. The highest BCUT2D eigenvalue weighted by Crippen LogP contribution is 2.31. The van der Waals surface area contributed by atoms with Gasteiger partial charge in [-0.3, -0.25) is 14.4 Å². The zero-order valence-electron chi connectivity index (χ0n) is 20.5. The van der Waals surface area contributed by atoms with Gasteiger partial charge in [0.1, 0.15) is 0 Å². The molecule has 1 aliphatic heterocycles. The Labute approximate surface area is 212 Å². The number of nitrogens with zero attached hydrogens (tertiary/aromatic N) is 2. The van der Waals surface area contributed by atoms with Gasteiger partial charge in [-0.25, -0.2) is 0 Å². The zero-order valence-corrected chi connectivity index (χ0v) is 20.5. The molecule has 0 saturated heterocycles. The largest absolute Gasteiger partial charge is 0.328 e. The van der Waals surface area contributed by atoms with Crippen LogP contribution in [-0.4, -0.2) is 39.5 Å². The molecule has 0 N–H and O–H groups in total. The summed E-state index contributed by atoms with van der Waals surface area (Å²) in [6, 6.07) is 26.4. The first-order chi connectivity index (χ1) is 17.6. The molecule has 1 unspecified atom stereocenters. The highest BCUT2D eigenvalue weighted by molar-refractivity contribution is 6.02. The number of hydrogen-bond donors (Lipinski definition) is 0. The molecule has 1 fully saturated rings. The molecule has 3 aromatic carbocycles. The lowest BCUT2D eigenvalue weighted by Gasteiger charge is -2.34. The summed E-state index contributed by atoms with van der Waals surface area (Å²) in [5.41, 5.74) is 3.77. The van der Waals surface area contributed by atoms with Crippen LogP contribution >= 0.6 is 0 Å². The molecule has 1 aliphatic carbocycles. The van der Waals surface area contributed by atoms with Gasteiger partial charge in [-0.1, -0.05) is 91.7 Å². The number of carbonyl (C=O) groups is 3. The molecule has 36 heavy (non-hydrogen) atoms. The molecule has 2 aliphatic rings. The molecule has 5 heteroatoms. The predicted octanol–water partition coefficient (Wildman–Crippen LogP) is 5.18. The van der Waals surface area contributed by atoms with Crippen LogP contribution in [0.2, 0.25) is 0 Å². The minimum atomic E-state index is -0.530. The lowest BCUT2D eigenvalue weighted by Crippen LogP contribution is -2.52. The molecular weight excluding hydrogens is 448 g/mol. The minimum absolute atomic E-state index is 0.00218. The number of carbonyl (C=O) groups excluding carboxylic acids is 3. The number of benzene rings is 3. The van der Waals surface area contributed by atoms with Crippen LogP contribution in [0.5, 0.6) is 0 Å². The summed E-state index contributed by atoms with van der Waals surface area (Å²) in [6.07, 6.45) is 3.98. The smallest absolute Gasteiger partial charge is 0.255 e. The van der Waals surface area contributed by atoms with E-state index in [-0.39, 0.29) is 17.6 Å². The van der Waals surface area contributed by atoms with Crippen LogP contribution in [-0.2, 0) is 29.1 Å². The van der Waals surface area contributed by atoms with Crippen LogP contribution in [0.25, 0.3) is 0 Å². The van der Waals surface area contributed by atoms with Gasteiger partial charge < -0.3 is 9.80 Å². The summed E-state index contributed by atoms with van der Waals surface area (Å²) >= 11 is 0. The maximum atomic E-state index is 14.1. The highest BCUT2D eigenvalue weighted by Gasteiger charge is 2.42. The predicted molar refractivity (Wildman–Crippen MR) is 139 cm³/mol. The Hall–Kier alpha value is -3.73. The van der Waals surface area contributed by atoms with Crippen molar-refractivity contribution in [3.8, 4) is 0 Å². The Morgan fingerprint density at radius 3 is 2.17 bits per heavy atom. The summed E-state index contributed by atoms with van der Waals surface area (Å²) in [5.74, 6) is -0.0926. The monoisotopic (exact) mass is 480 g/mol. The maximum Gasteiger partial charge on any atom is 0.255 e. The quantitative estimate of drug-likeness (QED) is 0.438. The Kier molecular flexibility index (Phi) is 7.26. The second-order valence-electron chi connectivity index (χ2n) is 9.80. The summed E-state index contributed by atoms with van der Waals surface area (Å²) in [7, 11) is 0. The maximum absolute atomic E-state index is 14.1. The molecule has 1 heterocycles. The van der Waals surface area contributed by atoms with Crippen molar-refractivity contribution in [2.45, 2.75) is 63.7 Å². The third-order valence-corrected chi connectivity index (χ3v) is 7.45. The van der Waals surface area contributed by atoms with Crippen LogP contribution < -0.4 is 0 Å². The Morgan fingerprint density at radius 1 is 0.806 bits per heavy atom. The number of aryl methyl sites for hydroxylation is 1. The number of fused-ring (bicyclic) bond motifs is 1. The van der Waals surface area contributed by atoms with E-state index in [1.807, 2.05) is 84.9 Å². The molecule has 3 aromatic rings. The van der Waals surface area contributed by atoms with Gasteiger partial charge in [0.15, 0.2) is 5.78 Å². The van der Waals surface area contributed by atoms with Crippen LogP contribution in [0, 0.1) is 0 Å². The number of hydrogen-bond acceptors (Lipinski definition) is 3. The SMILES string of the molecule is O=C1C(N(Cc2ccccc2)C(=O)CCc2ccccc2)CCCC[C@@H]1N1Cc2ccccc2C1=O. The Balaban J connectivity index is 1.39. The van der Waals surface area contributed by atoms with Crippen molar-refractivity contribution in [3.63, 3.8) is 0 Å². The van der Waals surface area contributed by atoms with Gasteiger partial charge in [-0.15, -0.1) is 0 Å². The summed E-state index contributed by atoms with van der Waals surface area (Å²) in [5, 5.41) is 0. The number of ketones is 1. The molecule has 0 radical (unpaired) electrons. The van der Waals surface area contributed by atoms with E-state index in [4.69, 9.17) is 0 Å². The van der Waals surface area contributed by atoms with Crippen molar-refractivity contribution in [1.82, 2.24) is 9.80 Å². The molecular formula is C31H32N2O3. The van der Waals surface area contributed by atoms with Crippen molar-refractivity contribution in [2.75, 3.05) is 0 Å². The fourth-order valence-corrected chi connectivity index (χ4v) is 5.52. The Morgan fingerprint density at radius 2 is 1.44 bits per heavy atom. The second-order valence-corrected chi connectivity index (χ2v) is 9.80. The molecule has 0 aromatic heterocycles. The van der Waals surface area contributed by atoms with Crippen molar-refractivity contribution in [1.29, 1.82) is 0 Å². The molecule has 5 nitrogen and oxygen atoms in total. The molecule has 5 rings (SSSR count). The molecule has 1 saturated carbocycles. The molecule has 0 spiro atoms. The van der Waals surface area contributed by atoms with E-state index in [2.05, 4.69) is 0 Å². The van der Waals surface area contributed by atoms with Crippen LogP contribution in [0.3, 0.4) is 0 Å². The van der Waals surface area contributed by atoms with Crippen LogP contribution in [0.15, 0.2) is 84.9 Å². The van der Waals surface area contributed by atoms with Gasteiger partial charge in [0, 0.05) is 25.1 Å². The van der Waals surface area contributed by atoms with E-state index >= 15 is 0 Å². The molecule has 0 bridgehead atoms. The second kappa shape index (κ2) is 10.9. The molecule has 184 valence electrons. The average Bonchev–Trinajstić information content (AvgIpc) is 3.13. The van der Waals surface area contributed by atoms with E-state index in [1.54, 1.807) is 9.80 Å². The van der Waals surface area contributed by atoms with E-state index in [0.717, 1.165) is 29.5 Å². The van der Waals surface area contributed by atoms with E-state index in [0.29, 0.717) is 44.3 Å². The topological polar surface area (TPSA) is 57.7 Å². The standard InChI is InChI=1S/C31H32N2O3/c34-29(20-19-23-11-3-1-4-12-23)32(21-24-13-5-2-6-14-24)27-17-9-10-18-28(30(27)35)33-22-25-15-7-8-16-26(25)31(33)36/h1-8,11-16,27-28H,9-10,17-22H2/t27?,28-/m0/s1. The molecule has 2 atom stereocenters. The summed E-state index contributed by atoms with van der Waals surface area (Å²) in [6.45, 7) is 0.852. The fourth-order valence-electron chi connectivity index (χ4n) is 5.52. The summed E-state index contributed by atoms with van der Waals surface area (Å²) in [4.78, 5) is 44.4. The number of amides is 2. The van der Waals surface area contributed by atoms with Gasteiger partial charge in [0.05, 0.1) is 12.1 Å². The zero-order chi connectivity index (χ0) is 24.9. The minimum Gasteiger partial charge on any atom is -0.328 e. The van der Waals surface area contributed by atoms with Gasteiger partial charge in [0.25, 0.3) is 5.91 Å². The third-order valence-electron chi connectivity index (χ3n) is 7.45. The van der Waals surface area contributed by atoms with Crippen LogP contribution in [0.4, 0.5) is 0 Å². The van der Waals surface area contributed by atoms with Crippen molar-refractivity contribution in [3.05, 3.63) is 107 Å². The number of Topliss-reactive ketones (excluding diaryl/α,β-unsaturated/α-hetero) is 1. The normalized spacial score (nSPS) is 19.6. The van der Waals surface area contributed by atoms with Crippen LogP contribution in [0.1, 0.15) is 59.2 Å². The van der Waals surface area contributed by atoms with Gasteiger partial charge in [-0.2, -0.15) is 0 Å². The molecule has 2 amide bonds. The average molecular weight is 481 g/mol. The first-order valence-corrected chi connectivity index (χ1v) is 12.9. The van der Waals surface area contributed by atoms with E-state index in [9.17, 15) is 14.4 Å². The lowest BCUT2D eigenvalue weighted by atomic mass is 9.99. The first-order valence-electron chi connectivity index (χ1n) is 12.9. The Bertz CT molecular complexity index is 1220. The fraction of sp³-hybridized carbons (Fsp3) is 0.323.